The highest BCUT2D eigenvalue weighted by Gasteiger charge is 2.28. The number of carboxylic acids is 1. The lowest BCUT2D eigenvalue weighted by Gasteiger charge is -2.18. The zero-order valence-electron chi connectivity index (χ0n) is 36.6. The van der Waals surface area contributed by atoms with Gasteiger partial charge in [0.05, 0.1) is 13.2 Å². The van der Waals surface area contributed by atoms with E-state index in [1.165, 1.54) is 96.3 Å². The number of carboxylic acid groups (broad SMARTS) is 1. The number of rotatable bonds is 43. The second kappa shape index (κ2) is 41.4. The van der Waals surface area contributed by atoms with E-state index in [0.29, 0.717) is 12.8 Å². The van der Waals surface area contributed by atoms with Gasteiger partial charge in [-0.15, -0.1) is 0 Å². The molecule has 4 N–H and O–H groups in total. The standard InChI is InChI=1S/C46H84NO10P/c1-3-5-7-9-11-13-15-17-19-21-23-25-27-29-31-33-35-37-44(49)47-43(46(51)52)41-57-58(53,54)56-40-42(48)39-55-45(50)38-36-34-32-30-28-26-24-22-20-18-16-14-12-10-8-6-4-2/h11,13,17-20,42-43,48H,3-10,12,14-16,21-41H2,1-2H3,(H,47,49)(H,51,52)(H,53,54)/b13-11-,19-17-,20-18-. The Balaban J connectivity index is 3.89. The van der Waals surface area contributed by atoms with E-state index in [1.54, 1.807) is 0 Å². The van der Waals surface area contributed by atoms with Crippen LogP contribution in [0.25, 0.3) is 0 Å². The molecule has 0 rings (SSSR count). The summed E-state index contributed by atoms with van der Waals surface area (Å²) in [4.78, 5) is 46.0. The number of aliphatic hydroxyl groups excluding tert-OH is 1. The minimum Gasteiger partial charge on any atom is -0.480 e. The predicted molar refractivity (Wildman–Crippen MR) is 236 cm³/mol. The fourth-order valence-corrected chi connectivity index (χ4v) is 7.05. The lowest BCUT2D eigenvalue weighted by Crippen LogP contribution is -2.43. The number of unbranched alkanes of at least 4 members (excludes halogenated alkanes) is 23. The second-order valence-electron chi connectivity index (χ2n) is 15.6. The van der Waals surface area contributed by atoms with E-state index in [0.717, 1.165) is 70.6 Å². The normalized spacial score (nSPS) is 14.0. The molecule has 0 saturated carbocycles. The summed E-state index contributed by atoms with van der Waals surface area (Å²) in [5.41, 5.74) is 0. The Bertz CT molecular complexity index is 1130. The van der Waals surface area contributed by atoms with Gasteiger partial charge in [-0.3, -0.25) is 18.6 Å². The summed E-state index contributed by atoms with van der Waals surface area (Å²) >= 11 is 0. The fourth-order valence-electron chi connectivity index (χ4n) is 6.28. The van der Waals surface area contributed by atoms with Crippen LogP contribution < -0.4 is 5.32 Å². The van der Waals surface area contributed by atoms with E-state index in [2.05, 4.69) is 55.6 Å². The van der Waals surface area contributed by atoms with Gasteiger partial charge in [-0.05, 0) is 70.6 Å². The molecule has 0 bridgehead atoms. The lowest BCUT2D eigenvalue weighted by molar-refractivity contribution is -0.147. The predicted octanol–water partition coefficient (Wildman–Crippen LogP) is 12.0. The van der Waals surface area contributed by atoms with E-state index in [-0.39, 0.29) is 12.8 Å². The van der Waals surface area contributed by atoms with Crippen molar-refractivity contribution < 1.29 is 47.8 Å². The summed E-state index contributed by atoms with van der Waals surface area (Å²) in [5.74, 6) is -2.38. The average Bonchev–Trinajstić information content (AvgIpc) is 3.20. The molecule has 12 heteroatoms. The largest absolute Gasteiger partial charge is 0.480 e. The Hall–Kier alpha value is -2.30. The monoisotopic (exact) mass is 842 g/mol. The van der Waals surface area contributed by atoms with Crippen molar-refractivity contribution in [2.75, 3.05) is 19.8 Å². The smallest absolute Gasteiger partial charge is 0.472 e. The molecule has 0 aliphatic heterocycles. The van der Waals surface area contributed by atoms with E-state index in [9.17, 15) is 34.1 Å². The van der Waals surface area contributed by atoms with Gasteiger partial charge in [0.15, 0.2) is 6.04 Å². The van der Waals surface area contributed by atoms with E-state index in [4.69, 9.17) is 13.8 Å². The van der Waals surface area contributed by atoms with E-state index >= 15 is 0 Å². The quantitative estimate of drug-likeness (QED) is 0.0201. The van der Waals surface area contributed by atoms with E-state index < -0.39 is 57.6 Å². The molecule has 1 amide bonds. The summed E-state index contributed by atoms with van der Waals surface area (Å²) in [6.45, 7) is 2.56. The molecule has 0 aliphatic rings. The number of esters is 1. The maximum Gasteiger partial charge on any atom is 0.472 e. The van der Waals surface area contributed by atoms with Gasteiger partial charge in [-0.1, -0.05) is 159 Å². The van der Waals surface area contributed by atoms with Crippen LogP contribution >= 0.6 is 7.82 Å². The minimum atomic E-state index is -4.76. The van der Waals surface area contributed by atoms with Gasteiger partial charge < -0.3 is 25.2 Å². The summed E-state index contributed by atoms with van der Waals surface area (Å²) in [5, 5.41) is 21.8. The number of carbonyl (C=O) groups excluding carboxylic acids is 2. The summed E-state index contributed by atoms with van der Waals surface area (Å²) in [6, 6.07) is -1.55. The fraction of sp³-hybridized carbons (Fsp3) is 0.804. The molecule has 58 heavy (non-hydrogen) atoms. The lowest BCUT2D eigenvalue weighted by atomic mass is 10.1. The number of aliphatic hydroxyl groups is 1. The van der Waals surface area contributed by atoms with Crippen molar-refractivity contribution in [2.24, 2.45) is 0 Å². The number of hydrogen-bond acceptors (Lipinski definition) is 8. The molecule has 338 valence electrons. The Morgan fingerprint density at radius 1 is 0.552 bits per heavy atom. The van der Waals surface area contributed by atoms with Crippen LogP contribution in [0.2, 0.25) is 0 Å². The third kappa shape index (κ3) is 40.5. The first-order valence-electron chi connectivity index (χ1n) is 23.0. The molecule has 0 aromatic heterocycles. The van der Waals surface area contributed by atoms with Gasteiger partial charge in [0.1, 0.15) is 12.7 Å². The summed E-state index contributed by atoms with van der Waals surface area (Å²) in [7, 11) is -4.76. The summed E-state index contributed by atoms with van der Waals surface area (Å²) < 4.78 is 26.9. The molecular formula is C46H84NO10P. The van der Waals surface area contributed by atoms with Gasteiger partial charge in [0, 0.05) is 12.8 Å². The molecule has 0 spiro atoms. The highest BCUT2D eigenvalue weighted by molar-refractivity contribution is 7.47. The first-order valence-corrected chi connectivity index (χ1v) is 24.5. The van der Waals surface area contributed by atoms with Crippen molar-refractivity contribution in [1.29, 1.82) is 0 Å². The molecule has 3 atom stereocenters. The molecular weight excluding hydrogens is 757 g/mol. The maximum absolute atomic E-state index is 12.3. The van der Waals surface area contributed by atoms with Gasteiger partial charge in [-0.2, -0.15) is 0 Å². The van der Waals surface area contributed by atoms with Gasteiger partial charge in [0.25, 0.3) is 0 Å². The van der Waals surface area contributed by atoms with Crippen molar-refractivity contribution in [2.45, 2.75) is 219 Å². The summed E-state index contributed by atoms with van der Waals surface area (Å²) in [6.07, 6.45) is 44.4. The number of amides is 1. The van der Waals surface area contributed by atoms with E-state index in [1.807, 2.05) is 0 Å². The van der Waals surface area contributed by atoms with Crippen molar-refractivity contribution in [3.8, 4) is 0 Å². The molecule has 0 aromatic carbocycles. The first kappa shape index (κ1) is 55.7. The maximum atomic E-state index is 12.3. The average molecular weight is 842 g/mol. The van der Waals surface area contributed by atoms with Crippen molar-refractivity contribution in [1.82, 2.24) is 5.32 Å². The minimum absolute atomic E-state index is 0.136. The Labute approximate surface area is 352 Å². The first-order chi connectivity index (χ1) is 28.1. The Morgan fingerprint density at radius 2 is 0.948 bits per heavy atom. The molecule has 11 nitrogen and oxygen atoms in total. The number of hydrogen-bond donors (Lipinski definition) is 4. The number of ether oxygens (including phenoxy) is 1. The number of allylic oxidation sites excluding steroid dienone is 6. The van der Waals surface area contributed by atoms with Gasteiger partial charge in [0.2, 0.25) is 5.91 Å². The second-order valence-corrected chi connectivity index (χ2v) is 17.0. The SMILES string of the molecule is CCCCC/C=C\C/C=C\CCCCCCCCCC(=O)NC(COP(=O)(O)OCC(O)COC(=O)CCCCCCCCC/C=C\CCCCCCCC)C(=O)O. The Morgan fingerprint density at radius 3 is 1.45 bits per heavy atom. The molecule has 0 fully saturated rings. The number of aliphatic carboxylic acids is 1. The third-order valence-electron chi connectivity index (χ3n) is 9.90. The van der Waals surface area contributed by atoms with Crippen LogP contribution in [0, 0.1) is 0 Å². The number of phosphoric ester groups is 1. The van der Waals surface area contributed by atoms with Gasteiger partial charge >= 0.3 is 19.8 Å². The van der Waals surface area contributed by atoms with Crippen LogP contribution in [0.5, 0.6) is 0 Å². The number of nitrogens with one attached hydrogen (secondary N) is 1. The van der Waals surface area contributed by atoms with Crippen LogP contribution in [-0.4, -0.2) is 64.9 Å². The third-order valence-corrected chi connectivity index (χ3v) is 10.9. The van der Waals surface area contributed by atoms with Crippen molar-refractivity contribution >= 4 is 25.7 Å². The van der Waals surface area contributed by atoms with Crippen molar-refractivity contribution in [3.05, 3.63) is 36.5 Å². The van der Waals surface area contributed by atoms with Crippen LogP contribution in [-0.2, 0) is 32.7 Å². The highest BCUT2D eigenvalue weighted by atomic mass is 31.2. The van der Waals surface area contributed by atoms with Crippen molar-refractivity contribution in [3.63, 3.8) is 0 Å². The molecule has 0 aromatic rings. The van der Waals surface area contributed by atoms with Crippen LogP contribution in [0.4, 0.5) is 0 Å². The topological polar surface area (TPSA) is 169 Å². The zero-order chi connectivity index (χ0) is 42.8. The van der Waals surface area contributed by atoms with Gasteiger partial charge in [-0.25, -0.2) is 9.36 Å². The molecule has 0 heterocycles. The molecule has 0 radical (unpaired) electrons. The van der Waals surface area contributed by atoms with Crippen LogP contribution in [0.15, 0.2) is 36.5 Å². The van der Waals surface area contributed by atoms with Crippen LogP contribution in [0.3, 0.4) is 0 Å². The Kier molecular flexibility index (Phi) is 39.8. The molecule has 0 saturated heterocycles. The molecule has 3 unspecified atom stereocenters. The highest BCUT2D eigenvalue weighted by Crippen LogP contribution is 2.43. The molecule has 0 aliphatic carbocycles. The number of phosphoric acid groups is 1. The van der Waals surface area contributed by atoms with Crippen LogP contribution in [0.1, 0.15) is 206 Å². The zero-order valence-corrected chi connectivity index (χ0v) is 37.5. The number of carbonyl (C=O) groups is 3.